The highest BCUT2D eigenvalue weighted by Crippen LogP contribution is 2.24. The van der Waals surface area contributed by atoms with Crippen molar-refractivity contribution in [1.29, 1.82) is 0 Å². The van der Waals surface area contributed by atoms with E-state index in [-0.39, 0.29) is 18.2 Å². The number of furan rings is 1. The van der Waals surface area contributed by atoms with Gasteiger partial charge in [0.1, 0.15) is 5.76 Å². The van der Waals surface area contributed by atoms with Crippen molar-refractivity contribution >= 4 is 11.8 Å². The highest BCUT2D eigenvalue weighted by molar-refractivity contribution is 5.94. The minimum Gasteiger partial charge on any atom is -0.450 e. The molecule has 0 spiro atoms. The minimum absolute atomic E-state index is 0.0118. The van der Waals surface area contributed by atoms with Crippen LogP contribution in [0.5, 0.6) is 0 Å². The number of hydrogen-bond donors (Lipinski definition) is 0. The SMILES string of the molecule is CC(=O)c1ccc(-c2ccc(C(=O)OCc3ncc(-c4ccccc4)o3)o2)cc1. The Morgan fingerprint density at radius 1 is 0.862 bits per heavy atom. The molecule has 0 radical (unpaired) electrons. The van der Waals surface area contributed by atoms with Crippen molar-refractivity contribution in [2.45, 2.75) is 13.5 Å². The summed E-state index contributed by atoms with van der Waals surface area (Å²) >= 11 is 0. The first kappa shape index (κ1) is 18.4. The van der Waals surface area contributed by atoms with Gasteiger partial charge in [0.05, 0.1) is 6.20 Å². The summed E-state index contributed by atoms with van der Waals surface area (Å²) in [6.07, 6.45) is 1.59. The first-order chi connectivity index (χ1) is 14.1. The van der Waals surface area contributed by atoms with Crippen molar-refractivity contribution in [3.05, 3.63) is 90.1 Å². The summed E-state index contributed by atoms with van der Waals surface area (Å²) in [4.78, 5) is 27.7. The van der Waals surface area contributed by atoms with Crippen LogP contribution in [0.4, 0.5) is 0 Å². The molecule has 0 saturated heterocycles. The summed E-state index contributed by atoms with van der Waals surface area (Å²) in [6.45, 7) is 1.40. The van der Waals surface area contributed by atoms with Gasteiger partial charge in [-0.3, -0.25) is 4.79 Å². The van der Waals surface area contributed by atoms with Crippen LogP contribution in [-0.4, -0.2) is 16.7 Å². The number of carbonyl (C=O) groups excluding carboxylic acids is 2. The first-order valence-corrected chi connectivity index (χ1v) is 8.98. The van der Waals surface area contributed by atoms with Crippen LogP contribution in [0.3, 0.4) is 0 Å². The zero-order valence-corrected chi connectivity index (χ0v) is 15.6. The van der Waals surface area contributed by atoms with E-state index >= 15 is 0 Å². The third-order valence-electron chi connectivity index (χ3n) is 4.32. The number of rotatable bonds is 6. The number of ketones is 1. The van der Waals surface area contributed by atoms with Gasteiger partial charge in [0.2, 0.25) is 11.7 Å². The molecular weight excluding hydrogens is 370 g/mol. The molecule has 0 N–H and O–H groups in total. The third kappa shape index (κ3) is 4.16. The first-order valence-electron chi connectivity index (χ1n) is 8.98. The predicted molar refractivity (Wildman–Crippen MR) is 105 cm³/mol. The number of aromatic nitrogens is 1. The van der Waals surface area contributed by atoms with E-state index in [4.69, 9.17) is 13.6 Å². The Morgan fingerprint density at radius 3 is 2.31 bits per heavy atom. The van der Waals surface area contributed by atoms with Crippen LogP contribution in [0.2, 0.25) is 0 Å². The predicted octanol–water partition coefficient (Wildman–Crippen LogP) is 5.16. The zero-order chi connectivity index (χ0) is 20.2. The number of nitrogens with zero attached hydrogens (tertiary/aromatic N) is 1. The Kier molecular flexibility index (Phi) is 5.07. The van der Waals surface area contributed by atoms with Crippen molar-refractivity contribution in [1.82, 2.24) is 4.98 Å². The second kappa shape index (κ2) is 7.98. The summed E-state index contributed by atoms with van der Waals surface area (Å²) in [5.74, 6) is 0.855. The smallest absolute Gasteiger partial charge is 0.374 e. The second-order valence-corrected chi connectivity index (χ2v) is 6.36. The summed E-state index contributed by atoms with van der Waals surface area (Å²) in [5.41, 5.74) is 2.26. The van der Waals surface area contributed by atoms with Crippen LogP contribution in [0.1, 0.15) is 33.7 Å². The molecule has 0 aliphatic carbocycles. The standard InChI is InChI=1S/C23H17NO5/c1-15(25)16-7-9-18(10-8-16)19-11-12-20(28-19)23(26)27-14-22-24-13-21(29-22)17-5-3-2-4-6-17/h2-13H,14H2,1H3. The Balaban J connectivity index is 1.40. The Labute approximate surface area is 166 Å². The number of benzene rings is 2. The summed E-state index contributed by atoms with van der Waals surface area (Å²) in [7, 11) is 0. The van der Waals surface area contributed by atoms with Crippen molar-refractivity contribution in [2.75, 3.05) is 0 Å². The fourth-order valence-corrected chi connectivity index (χ4v) is 2.78. The number of carbonyl (C=O) groups is 2. The molecule has 0 atom stereocenters. The molecule has 144 valence electrons. The van der Waals surface area contributed by atoms with E-state index in [0.29, 0.717) is 23.0 Å². The maximum absolute atomic E-state index is 12.3. The lowest BCUT2D eigenvalue weighted by Crippen LogP contribution is -2.04. The molecule has 0 unspecified atom stereocenters. The molecule has 2 aromatic carbocycles. The molecule has 0 amide bonds. The Morgan fingerprint density at radius 2 is 1.59 bits per heavy atom. The van der Waals surface area contributed by atoms with Gasteiger partial charge >= 0.3 is 5.97 Å². The average molecular weight is 387 g/mol. The zero-order valence-electron chi connectivity index (χ0n) is 15.6. The van der Waals surface area contributed by atoms with E-state index in [1.165, 1.54) is 6.92 Å². The molecule has 0 aliphatic rings. The molecule has 2 heterocycles. The van der Waals surface area contributed by atoms with Crippen molar-refractivity contribution < 1.29 is 23.2 Å². The molecule has 29 heavy (non-hydrogen) atoms. The topological polar surface area (TPSA) is 82.5 Å². The molecule has 4 aromatic rings. The van der Waals surface area contributed by atoms with Crippen molar-refractivity contribution in [3.63, 3.8) is 0 Å². The van der Waals surface area contributed by atoms with Gasteiger partial charge in [-0.2, -0.15) is 0 Å². The van der Waals surface area contributed by atoms with Crippen LogP contribution in [0.15, 0.2) is 81.8 Å². The highest BCUT2D eigenvalue weighted by atomic mass is 16.6. The molecule has 6 nitrogen and oxygen atoms in total. The minimum atomic E-state index is -0.615. The van der Waals surface area contributed by atoms with E-state index in [0.717, 1.165) is 11.1 Å². The number of esters is 1. The van der Waals surface area contributed by atoms with E-state index in [9.17, 15) is 9.59 Å². The molecule has 4 rings (SSSR count). The molecule has 0 saturated carbocycles. The fraction of sp³-hybridized carbons (Fsp3) is 0.0870. The maximum atomic E-state index is 12.3. The van der Waals surface area contributed by atoms with Crippen LogP contribution >= 0.6 is 0 Å². The van der Waals surface area contributed by atoms with Gasteiger partial charge in [0.15, 0.2) is 18.2 Å². The van der Waals surface area contributed by atoms with E-state index in [1.54, 1.807) is 42.6 Å². The normalized spacial score (nSPS) is 10.7. The largest absolute Gasteiger partial charge is 0.450 e. The number of oxazole rings is 1. The lowest BCUT2D eigenvalue weighted by Gasteiger charge is -2.01. The number of ether oxygens (including phenoxy) is 1. The van der Waals surface area contributed by atoms with Gasteiger partial charge in [-0.1, -0.05) is 54.6 Å². The van der Waals surface area contributed by atoms with Gasteiger partial charge in [0, 0.05) is 16.7 Å². The van der Waals surface area contributed by atoms with E-state index < -0.39 is 5.97 Å². The second-order valence-electron chi connectivity index (χ2n) is 6.36. The Bertz CT molecular complexity index is 1140. The fourth-order valence-electron chi connectivity index (χ4n) is 2.78. The molecule has 0 bridgehead atoms. The maximum Gasteiger partial charge on any atom is 0.374 e. The van der Waals surface area contributed by atoms with Crippen LogP contribution in [-0.2, 0) is 11.3 Å². The molecule has 0 aliphatic heterocycles. The van der Waals surface area contributed by atoms with Crippen molar-refractivity contribution in [2.24, 2.45) is 0 Å². The lowest BCUT2D eigenvalue weighted by molar-refractivity contribution is 0.0403. The monoisotopic (exact) mass is 387 g/mol. The van der Waals surface area contributed by atoms with Gasteiger partial charge in [0.25, 0.3) is 0 Å². The molecule has 2 aromatic heterocycles. The van der Waals surface area contributed by atoms with Gasteiger partial charge in [-0.15, -0.1) is 0 Å². The van der Waals surface area contributed by atoms with Crippen LogP contribution < -0.4 is 0 Å². The average Bonchev–Trinajstić information content (AvgIpc) is 3.43. The van der Waals surface area contributed by atoms with E-state index in [2.05, 4.69) is 4.98 Å². The van der Waals surface area contributed by atoms with E-state index in [1.807, 2.05) is 30.3 Å². The molecular formula is C23H17NO5. The van der Waals surface area contributed by atoms with Gasteiger partial charge in [-0.25, -0.2) is 9.78 Å². The third-order valence-corrected chi connectivity index (χ3v) is 4.32. The summed E-state index contributed by atoms with van der Waals surface area (Å²) in [6, 6.07) is 19.7. The molecule has 6 heteroatoms. The van der Waals surface area contributed by atoms with Crippen LogP contribution in [0, 0.1) is 0 Å². The van der Waals surface area contributed by atoms with Crippen LogP contribution in [0.25, 0.3) is 22.6 Å². The molecule has 0 fully saturated rings. The summed E-state index contributed by atoms with van der Waals surface area (Å²) in [5, 5.41) is 0. The lowest BCUT2D eigenvalue weighted by atomic mass is 10.1. The van der Waals surface area contributed by atoms with Gasteiger partial charge in [-0.05, 0) is 19.1 Å². The Hall–Kier alpha value is -3.93. The number of Topliss-reactive ketones (excluding diaryl/α,β-unsaturated/α-hetero) is 1. The highest BCUT2D eigenvalue weighted by Gasteiger charge is 2.16. The number of hydrogen-bond acceptors (Lipinski definition) is 6. The summed E-state index contributed by atoms with van der Waals surface area (Å²) < 4.78 is 16.4. The van der Waals surface area contributed by atoms with Crippen molar-refractivity contribution in [3.8, 4) is 22.6 Å². The van der Waals surface area contributed by atoms with Gasteiger partial charge < -0.3 is 13.6 Å². The quantitative estimate of drug-likeness (QED) is 0.336.